The minimum atomic E-state index is -1.03. The van der Waals surface area contributed by atoms with Gasteiger partial charge in [-0.1, -0.05) is 38.1 Å². The molecule has 4 heterocycles. The van der Waals surface area contributed by atoms with E-state index in [4.69, 9.17) is 15.5 Å². The molecule has 1 aromatic heterocycles. The summed E-state index contributed by atoms with van der Waals surface area (Å²) in [6.45, 7) is 7.86. The zero-order valence-electron chi connectivity index (χ0n) is 32.8. The summed E-state index contributed by atoms with van der Waals surface area (Å²) in [6, 6.07) is 17.5. The number of piperidine rings is 1. The van der Waals surface area contributed by atoms with E-state index in [0.717, 1.165) is 58.0 Å². The first-order valence-corrected chi connectivity index (χ1v) is 20.6. The second kappa shape index (κ2) is 15.5. The molecule has 1 saturated carbocycles. The number of carbonyl (C=O) groups excluding carboxylic acids is 6. The molecule has 8 rings (SSSR count). The Morgan fingerprint density at radius 3 is 2.55 bits per heavy atom. The number of ether oxygens (including phenoxy) is 1. The number of aryl methyl sites for hydroxylation is 1. The number of nitrogens with one attached hydrogen (secondary N) is 2. The predicted molar refractivity (Wildman–Crippen MR) is 219 cm³/mol. The van der Waals surface area contributed by atoms with E-state index in [-0.39, 0.29) is 41.2 Å². The Morgan fingerprint density at radius 2 is 1.79 bits per heavy atom. The van der Waals surface area contributed by atoms with Gasteiger partial charge in [0.1, 0.15) is 22.7 Å². The zero-order chi connectivity index (χ0) is 40.9. The number of aromatic nitrogens is 1. The fraction of sp³-hybridized carbons (Fsp3) is 0.386. The molecule has 58 heavy (non-hydrogen) atoms. The smallest absolute Gasteiger partial charge is 0.264 e. The molecule has 13 nitrogen and oxygen atoms in total. The Bertz CT molecular complexity index is 2370. The van der Waals surface area contributed by atoms with Crippen LogP contribution >= 0.6 is 11.3 Å². The van der Waals surface area contributed by atoms with Gasteiger partial charge in [0, 0.05) is 47.2 Å². The number of rotatable bonds is 14. The molecule has 6 amide bonds. The van der Waals surface area contributed by atoms with E-state index in [1.807, 2.05) is 48.2 Å². The maximum Gasteiger partial charge on any atom is 0.264 e. The van der Waals surface area contributed by atoms with Crippen LogP contribution in [0.15, 0.2) is 60.7 Å². The lowest BCUT2D eigenvalue weighted by atomic mass is 9.86. The van der Waals surface area contributed by atoms with Gasteiger partial charge in [-0.15, -0.1) is 11.3 Å². The van der Waals surface area contributed by atoms with Gasteiger partial charge in [-0.3, -0.25) is 39.0 Å². The van der Waals surface area contributed by atoms with E-state index in [1.54, 1.807) is 18.2 Å². The molecule has 0 bridgehead atoms. The van der Waals surface area contributed by atoms with Crippen molar-refractivity contribution in [2.45, 2.75) is 77.7 Å². The number of thiazole rings is 1. The Hall–Kier alpha value is -5.89. The Labute approximate surface area is 340 Å². The molecule has 0 spiro atoms. The first-order chi connectivity index (χ1) is 27.8. The Morgan fingerprint density at radius 1 is 1.00 bits per heavy atom. The minimum Gasteiger partial charge on any atom is -0.494 e. The molecule has 4 aliphatic rings. The van der Waals surface area contributed by atoms with Gasteiger partial charge in [0.25, 0.3) is 11.8 Å². The van der Waals surface area contributed by atoms with Crippen LogP contribution < -0.4 is 26.0 Å². The number of nitrogens with zero attached hydrogens (tertiary/aromatic N) is 3. The van der Waals surface area contributed by atoms with Gasteiger partial charge < -0.3 is 20.7 Å². The van der Waals surface area contributed by atoms with Crippen LogP contribution in [0.3, 0.4) is 0 Å². The van der Waals surface area contributed by atoms with Gasteiger partial charge >= 0.3 is 0 Å². The van der Waals surface area contributed by atoms with Crippen LogP contribution in [-0.2, 0) is 25.6 Å². The highest BCUT2D eigenvalue weighted by atomic mass is 32.1. The number of hydrogen-bond acceptors (Lipinski definition) is 10. The number of anilines is 2. The van der Waals surface area contributed by atoms with E-state index in [2.05, 4.69) is 30.5 Å². The number of amides is 6. The van der Waals surface area contributed by atoms with Crippen molar-refractivity contribution < 1.29 is 33.5 Å². The van der Waals surface area contributed by atoms with Gasteiger partial charge in [-0.2, -0.15) is 0 Å². The van der Waals surface area contributed by atoms with Gasteiger partial charge in [-0.05, 0) is 98.4 Å². The van der Waals surface area contributed by atoms with Crippen molar-refractivity contribution in [3.05, 3.63) is 92.8 Å². The number of nitrogens with two attached hydrogens (primary N) is 1. The van der Waals surface area contributed by atoms with Crippen LogP contribution in [0, 0.1) is 18.3 Å². The maximum atomic E-state index is 13.5. The van der Waals surface area contributed by atoms with E-state index >= 15 is 0 Å². The Balaban J connectivity index is 0.878. The van der Waals surface area contributed by atoms with E-state index in [1.165, 1.54) is 11.3 Å². The quantitative estimate of drug-likeness (QED) is 0.134. The van der Waals surface area contributed by atoms with Crippen LogP contribution in [0.4, 0.5) is 11.4 Å². The van der Waals surface area contributed by atoms with Crippen LogP contribution in [0.2, 0.25) is 0 Å². The fourth-order valence-corrected chi connectivity index (χ4v) is 9.20. The number of primary amides is 1. The van der Waals surface area contributed by atoms with Gasteiger partial charge in [-0.25, -0.2) is 4.98 Å². The van der Waals surface area contributed by atoms with Crippen molar-refractivity contribution >= 4 is 58.2 Å². The number of carbonyl (C=O) groups is 6. The lowest BCUT2D eigenvalue weighted by Gasteiger charge is -2.28. The third-order valence-corrected chi connectivity index (χ3v) is 12.6. The summed E-state index contributed by atoms with van der Waals surface area (Å²) in [5, 5.41) is 6.16. The highest BCUT2D eigenvalue weighted by Gasteiger charge is 2.45. The van der Waals surface area contributed by atoms with Crippen molar-refractivity contribution in [1.29, 1.82) is 0 Å². The second-order valence-corrected chi connectivity index (χ2v) is 17.6. The maximum absolute atomic E-state index is 13.5. The predicted octanol–water partition coefficient (Wildman–Crippen LogP) is 5.73. The molecule has 300 valence electrons. The summed E-state index contributed by atoms with van der Waals surface area (Å²) in [5.74, 6) is -2.42. The number of benzene rings is 3. The molecule has 2 unspecified atom stereocenters. The summed E-state index contributed by atoms with van der Waals surface area (Å²) >= 11 is 1.45. The monoisotopic (exact) mass is 802 g/mol. The third-order valence-electron chi connectivity index (χ3n) is 11.6. The molecule has 3 aromatic carbocycles. The molecule has 3 aliphatic heterocycles. The highest BCUT2D eigenvalue weighted by molar-refractivity contribution is 7.12. The molecule has 2 fully saturated rings. The molecule has 1 saturated heterocycles. The van der Waals surface area contributed by atoms with E-state index < -0.39 is 41.5 Å². The molecular formula is C44H46N6O7S. The average Bonchev–Trinajstić information content (AvgIpc) is 3.77. The highest BCUT2D eigenvalue weighted by Crippen LogP contribution is 2.40. The molecule has 2 atom stereocenters. The zero-order valence-corrected chi connectivity index (χ0v) is 33.6. The van der Waals surface area contributed by atoms with Gasteiger partial charge in [0.15, 0.2) is 0 Å². The molecule has 14 heteroatoms. The van der Waals surface area contributed by atoms with E-state index in [9.17, 15) is 28.8 Å². The SMILES string of the molecule is Cc1sc(C(C(N)=O)c2cccc(OCCC(C)(C)CCNc3cccc4c3C(=O)N(C3CCC(=O)NC3=O)C4=O)c2)nc1-c1ccc2c(c1)CCN2C(=O)C1CC1. The van der Waals surface area contributed by atoms with Crippen LogP contribution in [0.1, 0.15) is 100 Å². The van der Waals surface area contributed by atoms with Crippen LogP contribution in [-0.4, -0.2) is 71.1 Å². The molecular weight excluding hydrogens is 757 g/mol. The van der Waals surface area contributed by atoms with Gasteiger partial charge in [0.2, 0.25) is 23.6 Å². The number of fused-ring (bicyclic) bond motifs is 2. The van der Waals surface area contributed by atoms with Crippen molar-refractivity contribution in [2.24, 2.45) is 17.1 Å². The van der Waals surface area contributed by atoms with Gasteiger partial charge in [0.05, 0.1) is 23.4 Å². The van der Waals surface area contributed by atoms with Crippen LogP contribution in [0.5, 0.6) is 5.75 Å². The van der Waals surface area contributed by atoms with Crippen molar-refractivity contribution in [1.82, 2.24) is 15.2 Å². The second-order valence-electron chi connectivity index (χ2n) is 16.3. The standard InChI is InChI=1S/C44H46N6O7S/c1-24-37(28-12-13-32-26(22-28)16-20-49(32)41(54)25-10-11-25)48-40(58-24)35(38(45)52)27-6-4-7-29(23-27)57-21-18-44(2,3)17-19-46-31-9-5-8-30-36(31)43(56)50(42(30)55)33-14-15-34(51)47-39(33)53/h4-9,12-13,22-23,25,33,35,46H,10-11,14-21H2,1-3H3,(H2,45,52)(H,47,51,53). The largest absolute Gasteiger partial charge is 0.494 e. The van der Waals surface area contributed by atoms with Crippen molar-refractivity contribution in [3.63, 3.8) is 0 Å². The molecule has 4 N–H and O–H groups in total. The number of hydrogen-bond donors (Lipinski definition) is 3. The Kier molecular flexibility index (Phi) is 10.4. The summed E-state index contributed by atoms with van der Waals surface area (Å²) in [7, 11) is 0. The minimum absolute atomic E-state index is 0.0582. The normalized spacial score (nSPS) is 18.2. The van der Waals surface area contributed by atoms with E-state index in [0.29, 0.717) is 48.1 Å². The van der Waals surface area contributed by atoms with Crippen LogP contribution in [0.25, 0.3) is 11.3 Å². The summed E-state index contributed by atoms with van der Waals surface area (Å²) < 4.78 is 6.21. The lowest BCUT2D eigenvalue weighted by Crippen LogP contribution is -2.54. The third kappa shape index (κ3) is 7.60. The average molecular weight is 803 g/mol. The molecule has 0 radical (unpaired) electrons. The topological polar surface area (TPSA) is 181 Å². The number of imide groups is 2. The molecule has 1 aliphatic carbocycles. The first-order valence-electron chi connectivity index (χ1n) is 19.8. The molecule has 4 aromatic rings. The van der Waals surface area contributed by atoms with Crippen molar-refractivity contribution in [3.8, 4) is 17.0 Å². The lowest BCUT2D eigenvalue weighted by molar-refractivity contribution is -0.136. The summed E-state index contributed by atoms with van der Waals surface area (Å²) in [4.78, 5) is 85.4. The first kappa shape index (κ1) is 39.0. The summed E-state index contributed by atoms with van der Waals surface area (Å²) in [6.07, 6.45) is 4.33. The summed E-state index contributed by atoms with van der Waals surface area (Å²) in [5.41, 5.74) is 11.4. The van der Waals surface area contributed by atoms with Crippen molar-refractivity contribution in [2.75, 3.05) is 29.9 Å². The fourth-order valence-electron chi connectivity index (χ4n) is 8.12.